The molecule has 1 aromatic rings. The van der Waals surface area contributed by atoms with Crippen LogP contribution in [0.5, 0.6) is 0 Å². The fourth-order valence-electron chi connectivity index (χ4n) is 1.52. The zero-order valence-electron chi connectivity index (χ0n) is 8.61. The van der Waals surface area contributed by atoms with Gasteiger partial charge in [-0.25, -0.2) is 4.79 Å². The summed E-state index contributed by atoms with van der Waals surface area (Å²) in [4.78, 5) is 25.6. The Bertz CT molecular complexity index is 398. The van der Waals surface area contributed by atoms with E-state index >= 15 is 0 Å². The first-order valence-electron chi connectivity index (χ1n) is 4.67. The molecule has 0 saturated carbocycles. The van der Waals surface area contributed by atoms with Crippen molar-refractivity contribution in [2.24, 2.45) is 0 Å². The average Bonchev–Trinajstić information content (AvgIpc) is 2.70. The zero-order valence-corrected chi connectivity index (χ0v) is 9.43. The summed E-state index contributed by atoms with van der Waals surface area (Å²) >= 11 is 1.58. The SMILES string of the molecule is CC1(C)C(=O)NC(=O)N1Cc1cccs1. The molecule has 1 saturated heterocycles. The topological polar surface area (TPSA) is 49.4 Å². The number of nitrogens with zero attached hydrogens (tertiary/aromatic N) is 1. The molecule has 0 aromatic carbocycles. The molecule has 0 bridgehead atoms. The van der Waals surface area contributed by atoms with Crippen LogP contribution < -0.4 is 5.32 Å². The van der Waals surface area contributed by atoms with Gasteiger partial charge < -0.3 is 4.90 Å². The van der Waals surface area contributed by atoms with Crippen LogP contribution in [0.2, 0.25) is 0 Å². The van der Waals surface area contributed by atoms with Crippen molar-refractivity contribution in [1.29, 1.82) is 0 Å². The molecule has 0 unspecified atom stereocenters. The van der Waals surface area contributed by atoms with Gasteiger partial charge in [0.25, 0.3) is 5.91 Å². The molecule has 2 rings (SSSR count). The minimum Gasteiger partial charge on any atom is -0.305 e. The lowest BCUT2D eigenvalue weighted by Gasteiger charge is -2.27. The van der Waals surface area contributed by atoms with Gasteiger partial charge in [-0.3, -0.25) is 10.1 Å². The molecule has 1 N–H and O–H groups in total. The van der Waals surface area contributed by atoms with E-state index < -0.39 is 5.54 Å². The molecule has 0 spiro atoms. The van der Waals surface area contributed by atoms with Gasteiger partial charge in [0.1, 0.15) is 5.54 Å². The van der Waals surface area contributed by atoms with E-state index in [0.29, 0.717) is 6.54 Å². The third kappa shape index (κ3) is 1.63. The molecular weight excluding hydrogens is 212 g/mol. The fourth-order valence-corrected chi connectivity index (χ4v) is 2.21. The van der Waals surface area contributed by atoms with E-state index in [2.05, 4.69) is 5.32 Å². The standard InChI is InChI=1S/C10H12N2O2S/c1-10(2)8(13)11-9(14)12(10)6-7-4-3-5-15-7/h3-5H,6H2,1-2H3,(H,11,13,14). The Hall–Kier alpha value is -1.36. The Morgan fingerprint density at radius 3 is 2.67 bits per heavy atom. The molecule has 0 radical (unpaired) electrons. The van der Waals surface area contributed by atoms with Crippen LogP contribution in [-0.2, 0) is 11.3 Å². The van der Waals surface area contributed by atoms with Gasteiger partial charge >= 0.3 is 6.03 Å². The van der Waals surface area contributed by atoms with E-state index in [1.807, 2.05) is 17.5 Å². The van der Waals surface area contributed by atoms with Crippen molar-refractivity contribution in [2.45, 2.75) is 25.9 Å². The predicted octanol–water partition coefficient (Wildman–Crippen LogP) is 1.58. The van der Waals surface area contributed by atoms with Gasteiger partial charge in [-0.2, -0.15) is 0 Å². The van der Waals surface area contributed by atoms with Crippen LogP contribution in [-0.4, -0.2) is 22.4 Å². The van der Waals surface area contributed by atoms with Gasteiger partial charge in [-0.15, -0.1) is 11.3 Å². The van der Waals surface area contributed by atoms with Crippen LogP contribution in [0.15, 0.2) is 17.5 Å². The first-order chi connectivity index (χ1) is 7.01. The quantitative estimate of drug-likeness (QED) is 0.775. The highest BCUT2D eigenvalue weighted by Gasteiger charge is 2.45. The number of urea groups is 1. The Labute approximate surface area is 91.9 Å². The first-order valence-corrected chi connectivity index (χ1v) is 5.55. The van der Waals surface area contributed by atoms with Crippen LogP contribution in [0.25, 0.3) is 0 Å². The summed E-state index contributed by atoms with van der Waals surface area (Å²) in [6.45, 7) is 3.99. The number of hydrogen-bond acceptors (Lipinski definition) is 3. The Balaban J connectivity index is 2.21. The van der Waals surface area contributed by atoms with Crippen molar-refractivity contribution in [3.05, 3.63) is 22.4 Å². The summed E-state index contributed by atoms with van der Waals surface area (Å²) in [6.07, 6.45) is 0. The normalized spacial score (nSPS) is 19.5. The van der Waals surface area contributed by atoms with E-state index in [1.165, 1.54) is 0 Å². The second-order valence-electron chi connectivity index (χ2n) is 3.98. The van der Waals surface area contributed by atoms with Crippen molar-refractivity contribution in [3.8, 4) is 0 Å². The average molecular weight is 224 g/mol. The highest BCUT2D eigenvalue weighted by Crippen LogP contribution is 2.24. The molecule has 1 fully saturated rings. The van der Waals surface area contributed by atoms with E-state index in [9.17, 15) is 9.59 Å². The van der Waals surface area contributed by atoms with Crippen molar-refractivity contribution in [3.63, 3.8) is 0 Å². The smallest absolute Gasteiger partial charge is 0.305 e. The molecule has 2 heterocycles. The summed E-state index contributed by atoms with van der Waals surface area (Å²) in [5, 5.41) is 4.28. The van der Waals surface area contributed by atoms with Crippen LogP contribution >= 0.6 is 11.3 Å². The van der Waals surface area contributed by atoms with Gasteiger partial charge in [0.05, 0.1) is 6.54 Å². The van der Waals surface area contributed by atoms with E-state index in [0.717, 1.165) is 4.88 Å². The number of rotatable bonds is 2. The third-order valence-electron chi connectivity index (χ3n) is 2.59. The third-order valence-corrected chi connectivity index (χ3v) is 3.45. The number of carbonyl (C=O) groups is 2. The minimum absolute atomic E-state index is 0.232. The number of amides is 3. The van der Waals surface area contributed by atoms with E-state index in [1.54, 1.807) is 30.1 Å². The maximum Gasteiger partial charge on any atom is 0.325 e. The van der Waals surface area contributed by atoms with Crippen molar-refractivity contribution in [2.75, 3.05) is 0 Å². The number of carbonyl (C=O) groups excluding carboxylic acids is 2. The summed E-state index contributed by atoms with van der Waals surface area (Å²) in [7, 11) is 0. The Kier molecular flexibility index (Phi) is 2.26. The van der Waals surface area contributed by atoms with Gasteiger partial charge in [-0.1, -0.05) is 6.07 Å². The molecule has 4 nitrogen and oxygen atoms in total. The van der Waals surface area contributed by atoms with Gasteiger partial charge in [0.2, 0.25) is 0 Å². The van der Waals surface area contributed by atoms with Crippen LogP contribution in [0.1, 0.15) is 18.7 Å². The molecular formula is C10H12N2O2S. The number of hydrogen-bond donors (Lipinski definition) is 1. The lowest BCUT2D eigenvalue weighted by Crippen LogP contribution is -2.43. The zero-order chi connectivity index (χ0) is 11.1. The molecule has 15 heavy (non-hydrogen) atoms. The lowest BCUT2D eigenvalue weighted by molar-refractivity contribution is -0.125. The van der Waals surface area contributed by atoms with Gasteiger partial charge in [-0.05, 0) is 25.3 Å². The van der Waals surface area contributed by atoms with Gasteiger partial charge in [0, 0.05) is 4.88 Å². The van der Waals surface area contributed by atoms with Crippen LogP contribution in [0, 0.1) is 0 Å². The Morgan fingerprint density at radius 2 is 2.20 bits per heavy atom. The minimum atomic E-state index is -0.749. The number of thiophene rings is 1. The van der Waals surface area contributed by atoms with Crippen LogP contribution in [0.4, 0.5) is 4.79 Å². The summed E-state index contributed by atoms with van der Waals surface area (Å²) in [5.41, 5.74) is -0.749. The monoisotopic (exact) mass is 224 g/mol. The summed E-state index contributed by atoms with van der Waals surface area (Å²) in [6, 6.07) is 3.58. The maximum absolute atomic E-state index is 11.5. The van der Waals surface area contributed by atoms with Crippen molar-refractivity contribution in [1.82, 2.24) is 10.2 Å². The second-order valence-corrected chi connectivity index (χ2v) is 5.02. The molecule has 5 heteroatoms. The molecule has 1 aliphatic heterocycles. The Morgan fingerprint density at radius 1 is 1.47 bits per heavy atom. The maximum atomic E-state index is 11.5. The lowest BCUT2D eigenvalue weighted by atomic mass is 10.0. The fraction of sp³-hybridized carbons (Fsp3) is 0.400. The number of imide groups is 1. The van der Waals surface area contributed by atoms with Crippen LogP contribution in [0.3, 0.4) is 0 Å². The summed E-state index contributed by atoms with van der Waals surface area (Å²) < 4.78 is 0. The van der Waals surface area contributed by atoms with Crippen molar-refractivity contribution >= 4 is 23.3 Å². The van der Waals surface area contributed by atoms with Crippen molar-refractivity contribution < 1.29 is 9.59 Å². The largest absolute Gasteiger partial charge is 0.325 e. The first kappa shape index (κ1) is 10.2. The van der Waals surface area contributed by atoms with E-state index in [4.69, 9.17) is 0 Å². The molecule has 1 aromatic heterocycles. The molecule has 0 atom stereocenters. The molecule has 0 aliphatic carbocycles. The summed E-state index contributed by atoms with van der Waals surface area (Å²) in [5.74, 6) is -0.232. The molecule has 1 aliphatic rings. The van der Waals surface area contributed by atoms with E-state index in [-0.39, 0.29) is 11.9 Å². The highest BCUT2D eigenvalue weighted by molar-refractivity contribution is 7.09. The molecule has 80 valence electrons. The highest BCUT2D eigenvalue weighted by atomic mass is 32.1. The second kappa shape index (κ2) is 3.34. The molecule has 3 amide bonds. The predicted molar refractivity (Wildman–Crippen MR) is 57.5 cm³/mol. The number of nitrogens with one attached hydrogen (secondary N) is 1. The van der Waals surface area contributed by atoms with Gasteiger partial charge in [0.15, 0.2) is 0 Å².